The molecule has 13 heteroatoms. The molecule has 0 fully saturated rings. The van der Waals surface area contributed by atoms with Crippen LogP contribution in [-0.2, 0) is 0 Å². The molecule has 6 aromatic carbocycles. The summed E-state index contributed by atoms with van der Waals surface area (Å²) in [7, 11) is 0. The molecular formula is C55H31FO12. The first kappa shape index (κ1) is 43.2. The van der Waals surface area contributed by atoms with Gasteiger partial charge in [-0.15, -0.1) is 0 Å². The number of aryl methyl sites for hydroxylation is 7. The standard InChI is InChI=1S/C19H12O4.C18H9FO4.C18H10O4/c1-7-4-10-14-11(5-7)18(22)19(23)13-9(3)8(2)6-12(15(13)14)17(21)16(10)20;1-6-3-8-11-9(4-6)17(22)18(23)13-12(11)10(16(21)15(8)20)5-7(2)14(13)19;1-7-3-9-13-10(4-7)16(20)18(22)12-6-8(2)5-11(14(12)13)17(21)15(9)19/h4-6H,1-3H3;3-5H,1-2H3;3-6H,1-2H3. The summed E-state index contributed by atoms with van der Waals surface area (Å²) in [6.45, 7) is 11.8. The van der Waals surface area contributed by atoms with Crippen molar-refractivity contribution in [3.05, 3.63) is 228 Å². The molecule has 0 unspecified atom stereocenters. The molecule has 0 heterocycles. The molecular weight excluding hydrogens is 872 g/mol. The topological polar surface area (TPSA) is 205 Å². The van der Waals surface area contributed by atoms with Crippen LogP contribution in [0.15, 0.2) is 118 Å². The quantitative estimate of drug-likeness (QED) is 0.148. The monoisotopic (exact) mass is 902 g/mol. The zero-order valence-corrected chi connectivity index (χ0v) is 37.1. The Hall–Kier alpha value is -8.71. The Kier molecular flexibility index (Phi) is 9.14. The highest BCUT2D eigenvalue weighted by atomic mass is 19.1. The van der Waals surface area contributed by atoms with Gasteiger partial charge in [-0.2, -0.15) is 0 Å². The van der Waals surface area contributed by atoms with E-state index in [0.29, 0.717) is 50.1 Å². The van der Waals surface area contributed by atoms with Crippen LogP contribution >= 0.6 is 0 Å². The van der Waals surface area contributed by atoms with Gasteiger partial charge in [0.2, 0.25) is 65.1 Å². The lowest BCUT2D eigenvalue weighted by Crippen LogP contribution is -2.32. The number of benzene rings is 12. The average Bonchev–Trinajstić information content (AvgIpc) is 3.30. The zero-order chi connectivity index (χ0) is 49.0. The second-order valence-electron chi connectivity index (χ2n) is 17.8. The van der Waals surface area contributed by atoms with Crippen molar-refractivity contribution >= 4 is 64.6 Å². The lowest BCUT2D eigenvalue weighted by Gasteiger charge is -2.17. The number of hydrogen-bond donors (Lipinski definition) is 0. The van der Waals surface area contributed by atoms with Gasteiger partial charge < -0.3 is 0 Å². The second kappa shape index (κ2) is 14.4. The van der Waals surface area contributed by atoms with E-state index >= 15 is 0 Å². The van der Waals surface area contributed by atoms with Crippen LogP contribution in [0.3, 0.4) is 0 Å². The second-order valence-corrected chi connectivity index (χ2v) is 17.8. The maximum Gasteiger partial charge on any atom is 0.237 e. The van der Waals surface area contributed by atoms with Gasteiger partial charge in [0, 0.05) is 92.6 Å². The molecule has 0 aliphatic heterocycles. The van der Waals surface area contributed by atoms with E-state index in [0.717, 1.165) is 5.56 Å². The van der Waals surface area contributed by atoms with Crippen LogP contribution in [0.1, 0.15) is 38.9 Å². The van der Waals surface area contributed by atoms with Gasteiger partial charge in [0.05, 0.1) is 5.39 Å². The fourth-order valence-corrected chi connectivity index (χ4v) is 10.2. The van der Waals surface area contributed by atoms with Crippen LogP contribution in [-0.4, -0.2) is 0 Å². The molecule has 12 rings (SSSR count). The van der Waals surface area contributed by atoms with Crippen molar-refractivity contribution in [1.82, 2.24) is 0 Å². The zero-order valence-electron chi connectivity index (χ0n) is 37.1. The molecule has 0 bridgehead atoms. The van der Waals surface area contributed by atoms with E-state index in [-0.39, 0.29) is 75.9 Å². The van der Waals surface area contributed by atoms with E-state index < -0.39 is 76.3 Å². The van der Waals surface area contributed by atoms with Crippen molar-refractivity contribution in [3.8, 4) is 33.4 Å². The SMILES string of the molecule is Cc1cc2c3c(c1)c(=O)c(=O)c1c(C)c(C)cc(c1-3)c(=O)c2=O.Cc1cc2c3c(c1)c(=O)c(=O)c1c(F)c(C)cc(c1-3)c(=O)c2=O.Cc1cc2c3c(c1)c(=O)c(=O)c1cc(C)cc(c1-3)c(=O)c2=O. The summed E-state index contributed by atoms with van der Waals surface area (Å²) in [6, 6.07) is 15.5. The fraction of sp³-hybridized carbons (Fsp3) is 0.127. The molecule has 12 nitrogen and oxygen atoms in total. The molecule has 6 aromatic rings. The molecule has 0 spiro atoms. The minimum Gasteiger partial charge on any atom is -0.285 e. The highest BCUT2D eigenvalue weighted by Gasteiger charge is 2.30. The maximum atomic E-state index is 14.5. The molecule has 68 heavy (non-hydrogen) atoms. The van der Waals surface area contributed by atoms with E-state index in [4.69, 9.17) is 0 Å². The number of halogens is 1. The van der Waals surface area contributed by atoms with Gasteiger partial charge >= 0.3 is 0 Å². The largest absolute Gasteiger partial charge is 0.285 e. The van der Waals surface area contributed by atoms with Crippen molar-refractivity contribution in [3.63, 3.8) is 0 Å². The first-order valence-electron chi connectivity index (χ1n) is 21.2. The Morgan fingerprint density at radius 2 is 0.456 bits per heavy atom. The fourth-order valence-electron chi connectivity index (χ4n) is 10.2. The summed E-state index contributed by atoms with van der Waals surface area (Å²) < 4.78 is 14.5. The van der Waals surface area contributed by atoms with Gasteiger partial charge in [-0.1, -0.05) is 0 Å². The lowest BCUT2D eigenvalue weighted by molar-refractivity contribution is 0.630. The van der Waals surface area contributed by atoms with Crippen molar-refractivity contribution in [2.45, 2.75) is 48.5 Å². The third kappa shape index (κ3) is 5.65. The van der Waals surface area contributed by atoms with Crippen molar-refractivity contribution in [2.75, 3.05) is 0 Å². The third-order valence-corrected chi connectivity index (χ3v) is 13.3. The minimum atomic E-state index is -0.978. The summed E-state index contributed by atoms with van der Waals surface area (Å²) >= 11 is 0. The van der Waals surface area contributed by atoms with Gasteiger partial charge in [-0.3, -0.25) is 57.5 Å². The molecule has 0 radical (unpaired) electrons. The Labute approximate surface area is 377 Å². The molecule has 0 atom stereocenters. The molecule has 0 saturated carbocycles. The van der Waals surface area contributed by atoms with Crippen LogP contribution < -0.4 is 65.1 Å². The normalized spacial score (nSPS) is 11.9. The maximum absolute atomic E-state index is 14.5. The molecule has 0 saturated heterocycles. The molecule has 330 valence electrons. The summed E-state index contributed by atoms with van der Waals surface area (Å²) in [5.41, 5.74) is -2.16. The predicted molar refractivity (Wildman–Crippen MR) is 263 cm³/mol. The van der Waals surface area contributed by atoms with E-state index in [1.165, 1.54) is 25.1 Å². The van der Waals surface area contributed by atoms with Gasteiger partial charge in [0.1, 0.15) is 5.82 Å². The van der Waals surface area contributed by atoms with E-state index in [2.05, 4.69) is 0 Å². The minimum absolute atomic E-state index is 0.0117. The Bertz CT molecular complexity index is 4450. The van der Waals surface area contributed by atoms with E-state index in [1.807, 2.05) is 0 Å². The summed E-state index contributed by atoms with van der Waals surface area (Å²) in [5, 5.41) is 1.53. The number of rotatable bonds is 0. The van der Waals surface area contributed by atoms with Crippen LogP contribution in [0.5, 0.6) is 0 Å². The molecule has 0 amide bonds. The molecule has 0 aromatic heterocycles. The highest BCUT2D eigenvalue weighted by molar-refractivity contribution is 6.14. The van der Waals surface area contributed by atoms with Gasteiger partial charge in [-0.05, 0) is 148 Å². The molecule has 6 aliphatic carbocycles. The summed E-state index contributed by atoms with van der Waals surface area (Å²) in [4.78, 5) is 149. The van der Waals surface area contributed by atoms with Crippen molar-refractivity contribution < 1.29 is 4.39 Å². The summed E-state index contributed by atoms with van der Waals surface area (Å²) in [6.07, 6.45) is 0. The Morgan fingerprint density at radius 1 is 0.250 bits per heavy atom. The van der Waals surface area contributed by atoms with Crippen LogP contribution in [0, 0.1) is 54.3 Å². The predicted octanol–water partition coefficient (Wildman–Crippen LogP) is 4.85. The van der Waals surface area contributed by atoms with Crippen LogP contribution in [0.25, 0.3) is 98.0 Å². The van der Waals surface area contributed by atoms with Crippen LogP contribution in [0.4, 0.5) is 4.39 Å². The Morgan fingerprint density at radius 3 is 0.750 bits per heavy atom. The van der Waals surface area contributed by atoms with Gasteiger partial charge in [0.15, 0.2) is 0 Å². The Balaban J connectivity index is 0.000000119. The highest BCUT2D eigenvalue weighted by Crippen LogP contribution is 2.39. The van der Waals surface area contributed by atoms with Gasteiger partial charge in [-0.25, -0.2) is 4.39 Å². The van der Waals surface area contributed by atoms with Gasteiger partial charge in [0.25, 0.3) is 0 Å². The lowest BCUT2D eigenvalue weighted by atomic mass is 9.83. The van der Waals surface area contributed by atoms with Crippen molar-refractivity contribution in [2.24, 2.45) is 0 Å². The first-order valence-corrected chi connectivity index (χ1v) is 21.2. The smallest absolute Gasteiger partial charge is 0.237 e. The van der Waals surface area contributed by atoms with E-state index in [1.54, 1.807) is 84.0 Å². The van der Waals surface area contributed by atoms with Crippen molar-refractivity contribution in [1.29, 1.82) is 0 Å². The van der Waals surface area contributed by atoms with E-state index in [9.17, 15) is 61.9 Å². The molecule has 6 aliphatic rings. The molecule has 0 N–H and O–H groups in total. The van der Waals surface area contributed by atoms with Crippen LogP contribution in [0.2, 0.25) is 0 Å². The average molecular weight is 903 g/mol. The first-order chi connectivity index (χ1) is 32.0. The number of hydrogen-bond acceptors (Lipinski definition) is 12. The third-order valence-electron chi connectivity index (χ3n) is 13.3. The summed E-state index contributed by atoms with van der Waals surface area (Å²) in [5.74, 6) is -0.818.